The molecule has 3 N–H and O–H groups in total. The normalized spacial score (nSPS) is 14.7. The summed E-state index contributed by atoms with van der Waals surface area (Å²) in [5.41, 5.74) is 5.18. The number of phenolic OH excluding ortho intramolecular Hbond substituents is 1. The molecule has 6 nitrogen and oxygen atoms in total. The van der Waals surface area contributed by atoms with Gasteiger partial charge in [0.2, 0.25) is 5.91 Å². The number of unbranched alkanes of at least 4 members (excludes halogenated alkanes) is 1. The number of hydrogen-bond acceptors (Lipinski definition) is 4. The van der Waals surface area contributed by atoms with E-state index >= 15 is 0 Å². The van der Waals surface area contributed by atoms with Gasteiger partial charge in [0, 0.05) is 16.9 Å². The Hall–Kier alpha value is -3.77. The number of rotatable bonds is 13. The van der Waals surface area contributed by atoms with Crippen LogP contribution < -0.4 is 10.1 Å². The van der Waals surface area contributed by atoms with Crippen LogP contribution in [0.15, 0.2) is 72.8 Å². The minimum absolute atomic E-state index is 0.00493. The van der Waals surface area contributed by atoms with E-state index in [4.69, 9.17) is 4.74 Å². The van der Waals surface area contributed by atoms with Crippen LogP contribution in [0.2, 0.25) is 0 Å². The van der Waals surface area contributed by atoms with Crippen LogP contribution in [-0.2, 0) is 17.6 Å². The first-order valence-corrected chi connectivity index (χ1v) is 15.2. The fourth-order valence-electron chi connectivity index (χ4n) is 5.77. The fourth-order valence-corrected chi connectivity index (χ4v) is 5.77. The Balaban J connectivity index is 1.23. The largest absolute Gasteiger partial charge is 0.508 e. The van der Waals surface area contributed by atoms with Gasteiger partial charge in [0.1, 0.15) is 11.5 Å². The van der Waals surface area contributed by atoms with Crippen molar-refractivity contribution in [3.05, 3.63) is 83.9 Å². The van der Waals surface area contributed by atoms with Crippen molar-refractivity contribution < 1.29 is 14.6 Å². The number of phenols is 1. The maximum Gasteiger partial charge on any atom is 0.224 e. The number of aromatic hydroxyl groups is 1. The minimum atomic E-state index is 0.00493. The van der Waals surface area contributed by atoms with Crippen molar-refractivity contribution >= 4 is 16.8 Å². The van der Waals surface area contributed by atoms with Gasteiger partial charge in [-0.05, 0) is 112 Å². The van der Waals surface area contributed by atoms with Crippen LogP contribution in [0.5, 0.6) is 11.5 Å². The molecule has 0 aliphatic carbocycles. The Morgan fingerprint density at radius 2 is 1.78 bits per heavy atom. The number of aromatic amines is 1. The van der Waals surface area contributed by atoms with E-state index in [1.807, 2.05) is 43.3 Å². The van der Waals surface area contributed by atoms with Gasteiger partial charge in [-0.15, -0.1) is 0 Å². The number of hydrogen-bond donors (Lipinski definition) is 3. The van der Waals surface area contributed by atoms with Gasteiger partial charge < -0.3 is 25.0 Å². The number of piperidine rings is 1. The lowest BCUT2D eigenvalue weighted by Gasteiger charge is -2.26. The third-order valence-corrected chi connectivity index (χ3v) is 8.07. The third kappa shape index (κ3) is 8.14. The van der Waals surface area contributed by atoms with Gasteiger partial charge in [-0.1, -0.05) is 48.9 Å². The predicted octanol–water partition coefficient (Wildman–Crippen LogP) is 6.87. The number of ether oxygens (including phenoxy) is 1. The van der Waals surface area contributed by atoms with Crippen LogP contribution in [-0.4, -0.2) is 53.2 Å². The van der Waals surface area contributed by atoms with Gasteiger partial charge in [0.15, 0.2) is 0 Å². The summed E-state index contributed by atoms with van der Waals surface area (Å²) in [5.74, 6) is 1.12. The number of aromatic nitrogens is 1. The van der Waals surface area contributed by atoms with Crippen molar-refractivity contribution in [2.24, 2.45) is 0 Å². The highest BCUT2D eigenvalue weighted by atomic mass is 16.5. The van der Waals surface area contributed by atoms with Crippen molar-refractivity contribution in [3.63, 3.8) is 0 Å². The lowest BCUT2D eigenvalue weighted by Crippen LogP contribution is -2.34. The smallest absolute Gasteiger partial charge is 0.224 e. The van der Waals surface area contributed by atoms with E-state index in [2.05, 4.69) is 39.5 Å². The van der Waals surface area contributed by atoms with Gasteiger partial charge in [0.05, 0.1) is 18.7 Å². The quantitative estimate of drug-likeness (QED) is 0.158. The molecule has 0 unspecified atom stereocenters. The van der Waals surface area contributed by atoms with E-state index in [1.165, 1.54) is 32.4 Å². The molecule has 41 heavy (non-hydrogen) atoms. The summed E-state index contributed by atoms with van der Waals surface area (Å²) in [6.07, 6.45) is 8.17. The highest BCUT2D eigenvalue weighted by Crippen LogP contribution is 2.33. The van der Waals surface area contributed by atoms with Crippen molar-refractivity contribution in [2.75, 3.05) is 26.2 Å². The first-order valence-electron chi connectivity index (χ1n) is 15.2. The Morgan fingerprint density at radius 1 is 1.00 bits per heavy atom. The van der Waals surface area contributed by atoms with Gasteiger partial charge in [-0.2, -0.15) is 0 Å². The lowest BCUT2D eigenvalue weighted by molar-refractivity contribution is -0.121. The van der Waals surface area contributed by atoms with Gasteiger partial charge in [0.25, 0.3) is 0 Å². The van der Waals surface area contributed by atoms with Gasteiger partial charge in [-0.25, -0.2) is 0 Å². The molecule has 3 aromatic carbocycles. The molecule has 0 spiro atoms. The van der Waals surface area contributed by atoms with E-state index in [-0.39, 0.29) is 24.1 Å². The molecule has 1 aliphatic heterocycles. The zero-order valence-corrected chi connectivity index (χ0v) is 24.2. The topological polar surface area (TPSA) is 77.6 Å². The van der Waals surface area contributed by atoms with E-state index in [0.29, 0.717) is 6.61 Å². The summed E-state index contributed by atoms with van der Waals surface area (Å²) < 4.78 is 6.18. The number of nitrogens with one attached hydrogen (secondary N) is 2. The van der Waals surface area contributed by atoms with Crippen LogP contribution in [0.3, 0.4) is 0 Å². The molecule has 1 fully saturated rings. The number of H-pyrrole nitrogens is 1. The number of carbonyl (C=O) groups is 1. The van der Waals surface area contributed by atoms with Crippen LogP contribution in [0.1, 0.15) is 56.6 Å². The fraction of sp³-hybridized carbons (Fsp3) is 0.400. The second-order valence-corrected chi connectivity index (χ2v) is 11.4. The summed E-state index contributed by atoms with van der Waals surface area (Å²) in [5, 5.41) is 13.7. The third-order valence-electron chi connectivity index (χ3n) is 8.07. The molecule has 0 radical (unpaired) electrons. The molecule has 4 aromatic rings. The van der Waals surface area contributed by atoms with Crippen LogP contribution in [0, 0.1) is 0 Å². The molecule has 0 bridgehead atoms. The number of nitrogens with zero attached hydrogens (tertiary/aromatic N) is 1. The average molecular weight is 554 g/mol. The first kappa shape index (κ1) is 28.7. The number of benzene rings is 3. The molecule has 1 aliphatic rings. The van der Waals surface area contributed by atoms with Crippen LogP contribution in [0.4, 0.5) is 0 Å². The molecule has 2 heterocycles. The SMILES string of the molecule is C[C@H](CCc1ccc(O)cc1)NC(=O)Cc1c(-c2ccccc2)[nH]c2ccc(OCCCCN3CCCCC3)cc12. The summed E-state index contributed by atoms with van der Waals surface area (Å²) in [6.45, 7) is 6.38. The molecule has 5 rings (SSSR count). The Kier molecular flexibility index (Phi) is 9.97. The second-order valence-electron chi connectivity index (χ2n) is 11.4. The maximum absolute atomic E-state index is 13.3. The van der Waals surface area contributed by atoms with Crippen molar-refractivity contribution in [1.29, 1.82) is 0 Å². The Morgan fingerprint density at radius 3 is 2.56 bits per heavy atom. The molecular weight excluding hydrogens is 510 g/mol. The van der Waals surface area contributed by atoms with Crippen LogP contribution >= 0.6 is 0 Å². The van der Waals surface area contributed by atoms with Crippen LogP contribution in [0.25, 0.3) is 22.2 Å². The summed E-state index contributed by atoms with van der Waals surface area (Å²) in [7, 11) is 0. The molecule has 216 valence electrons. The highest BCUT2D eigenvalue weighted by Gasteiger charge is 2.18. The lowest BCUT2D eigenvalue weighted by atomic mass is 10.0. The molecule has 1 saturated heterocycles. The number of likely N-dealkylation sites (tertiary alicyclic amines) is 1. The molecule has 1 amide bonds. The van der Waals surface area contributed by atoms with Crippen molar-refractivity contribution in [3.8, 4) is 22.8 Å². The first-order chi connectivity index (χ1) is 20.0. The summed E-state index contributed by atoms with van der Waals surface area (Å²) in [4.78, 5) is 19.4. The highest BCUT2D eigenvalue weighted by molar-refractivity contribution is 5.95. The molecule has 1 atom stereocenters. The molecular formula is C35H43N3O3. The van der Waals surface area contributed by atoms with Gasteiger partial charge in [-0.3, -0.25) is 4.79 Å². The maximum atomic E-state index is 13.3. The molecule has 0 saturated carbocycles. The van der Waals surface area contributed by atoms with E-state index < -0.39 is 0 Å². The summed E-state index contributed by atoms with van der Waals surface area (Å²) in [6, 6.07) is 23.7. The van der Waals surface area contributed by atoms with Gasteiger partial charge >= 0.3 is 0 Å². The zero-order valence-electron chi connectivity index (χ0n) is 24.2. The monoisotopic (exact) mass is 553 g/mol. The standard InChI is InChI=1S/C35H43N3O3/c1-26(12-13-27-14-16-29(39)17-15-27)36-34(40)25-32-31-24-30(41-23-9-8-22-38-20-6-3-7-21-38)18-19-33(31)37-35(32)28-10-4-2-5-11-28/h2,4-5,10-11,14-19,24,26,37,39H,3,6-9,12-13,20-23,25H2,1H3,(H,36,40)/t26-/m1/s1. The van der Waals surface area contributed by atoms with E-state index in [9.17, 15) is 9.90 Å². The van der Waals surface area contributed by atoms with Crippen molar-refractivity contribution in [1.82, 2.24) is 15.2 Å². The Bertz CT molecular complexity index is 1390. The second kappa shape index (κ2) is 14.2. The molecule has 1 aromatic heterocycles. The van der Waals surface area contributed by atoms with E-state index in [1.54, 1.807) is 12.1 Å². The number of amides is 1. The Labute approximate surface area is 243 Å². The average Bonchev–Trinajstić information content (AvgIpc) is 3.35. The minimum Gasteiger partial charge on any atom is -0.508 e. The van der Waals surface area contributed by atoms with E-state index in [0.717, 1.165) is 71.3 Å². The number of fused-ring (bicyclic) bond motifs is 1. The number of carbonyl (C=O) groups excluding carboxylic acids is 1. The van der Waals surface area contributed by atoms with Crippen molar-refractivity contribution in [2.45, 2.75) is 64.3 Å². The summed E-state index contributed by atoms with van der Waals surface area (Å²) >= 11 is 0. The number of aryl methyl sites for hydroxylation is 1. The predicted molar refractivity (Wildman–Crippen MR) is 166 cm³/mol. The molecule has 6 heteroatoms. The zero-order chi connectivity index (χ0) is 28.4.